The summed E-state index contributed by atoms with van der Waals surface area (Å²) in [5, 5.41) is 0. The van der Waals surface area contributed by atoms with Gasteiger partial charge in [-0.25, -0.2) is 17.7 Å². The van der Waals surface area contributed by atoms with Crippen molar-refractivity contribution in [3.05, 3.63) is 82.9 Å². The first kappa shape index (κ1) is 28.9. The molecule has 0 spiro atoms. The minimum Gasteiger partial charge on any atom is -0.756 e. The maximum atomic E-state index is 14.0. The summed E-state index contributed by atoms with van der Waals surface area (Å²) in [4.78, 5) is 34.9. The van der Waals surface area contributed by atoms with Gasteiger partial charge in [0.2, 0.25) is 0 Å². The first-order valence-corrected chi connectivity index (χ1v) is 14.2. The van der Waals surface area contributed by atoms with Crippen molar-refractivity contribution < 1.29 is 50.9 Å². The van der Waals surface area contributed by atoms with Crippen molar-refractivity contribution in [2.45, 2.75) is 51.6 Å². The van der Waals surface area contributed by atoms with E-state index < -0.39 is 50.1 Å². The Morgan fingerprint density at radius 3 is 2.59 bits per heavy atom. The number of methoxy groups -OCH3 is 1. The van der Waals surface area contributed by atoms with Crippen molar-refractivity contribution in [3.63, 3.8) is 0 Å². The van der Waals surface area contributed by atoms with Crippen LogP contribution in [0.5, 0.6) is 5.75 Å². The van der Waals surface area contributed by atoms with E-state index in [1.165, 1.54) is 11.7 Å². The number of ether oxygens (including phenoxy) is 2. The van der Waals surface area contributed by atoms with Gasteiger partial charge in [-0.05, 0) is 61.2 Å². The number of rotatable bonds is 7. The third-order valence-corrected chi connectivity index (χ3v) is 7.74. The van der Waals surface area contributed by atoms with E-state index in [4.69, 9.17) is 14.4 Å². The molecule has 4 atom stereocenters. The standard InChI is InChI=1S/C27H27F3N3O7P/c1-15-12-31(13-32(15)14-39-41(35,36)37)23-5-4-17(8-24(23)38-3)9-25-27(34)33-21(16(2)40-25)6-7-22(33)18-10-19(28)26(30)20(29)11-18/h4-5,8-13,16,21-22H,6-7,14H2,1-3H3,(H-,35,36,37)/t16-,21+,22-/m0/s1. The second-order valence-electron chi connectivity index (χ2n) is 9.92. The molecule has 0 radical (unpaired) electrons. The van der Waals surface area contributed by atoms with E-state index in [0.717, 1.165) is 12.1 Å². The van der Waals surface area contributed by atoms with Crippen molar-refractivity contribution in [1.29, 1.82) is 0 Å². The topological polar surface area (TPSA) is 117 Å². The minimum absolute atomic E-state index is 0.0383. The summed E-state index contributed by atoms with van der Waals surface area (Å²) >= 11 is 0. The monoisotopic (exact) mass is 593 g/mol. The molecule has 218 valence electrons. The predicted molar refractivity (Wildman–Crippen MR) is 136 cm³/mol. The molecule has 2 fully saturated rings. The number of morpholine rings is 1. The van der Waals surface area contributed by atoms with E-state index in [1.54, 1.807) is 53.2 Å². The summed E-state index contributed by atoms with van der Waals surface area (Å²) < 4.78 is 71.6. The molecule has 0 aliphatic carbocycles. The number of benzene rings is 2. The highest BCUT2D eigenvalue weighted by molar-refractivity contribution is 7.44. The number of phosphoric ester groups is 1. The zero-order valence-electron chi connectivity index (χ0n) is 22.3. The van der Waals surface area contributed by atoms with E-state index in [2.05, 4.69) is 4.52 Å². The summed E-state index contributed by atoms with van der Waals surface area (Å²) in [6, 6.07) is 6.02. The van der Waals surface area contributed by atoms with Gasteiger partial charge in [0.15, 0.2) is 41.4 Å². The highest BCUT2D eigenvalue weighted by Gasteiger charge is 2.46. The Labute approximate surface area is 233 Å². The highest BCUT2D eigenvalue weighted by atomic mass is 31.2. The van der Waals surface area contributed by atoms with Crippen molar-refractivity contribution in [2.24, 2.45) is 0 Å². The number of aromatic nitrogens is 2. The van der Waals surface area contributed by atoms with Crippen LogP contribution < -0.4 is 14.2 Å². The third-order valence-electron chi connectivity index (χ3n) is 7.30. The van der Waals surface area contributed by atoms with Crippen molar-refractivity contribution >= 4 is 19.8 Å². The average Bonchev–Trinajstić information content (AvgIpc) is 3.52. The first-order chi connectivity index (χ1) is 19.4. The number of hydrogen-bond donors (Lipinski definition) is 1. The molecule has 3 heterocycles. The lowest BCUT2D eigenvalue weighted by molar-refractivity contribution is -0.731. The quantitative estimate of drug-likeness (QED) is 0.193. The number of aryl methyl sites for hydroxylation is 1. The number of fused-ring (bicyclic) bond motifs is 1. The van der Waals surface area contributed by atoms with Gasteiger partial charge in [0, 0.05) is 6.92 Å². The smallest absolute Gasteiger partial charge is 0.289 e. The Kier molecular flexibility index (Phi) is 7.73. The first-order valence-electron chi connectivity index (χ1n) is 12.7. The number of hydrogen-bond acceptors (Lipinski definition) is 6. The van der Waals surface area contributed by atoms with Crippen LogP contribution in [0, 0.1) is 24.4 Å². The molecule has 5 rings (SSSR count). The molecule has 2 aliphatic rings. The number of carbonyl (C=O) groups is 1. The largest absolute Gasteiger partial charge is 0.756 e. The van der Waals surface area contributed by atoms with Gasteiger partial charge in [-0.1, -0.05) is 6.07 Å². The van der Waals surface area contributed by atoms with Crippen LogP contribution in [0.4, 0.5) is 13.2 Å². The number of imidazole rings is 1. The molecule has 41 heavy (non-hydrogen) atoms. The van der Waals surface area contributed by atoms with Crippen LogP contribution in [-0.4, -0.2) is 39.5 Å². The summed E-state index contributed by atoms with van der Waals surface area (Å²) in [7, 11) is -3.43. The average molecular weight is 593 g/mol. The molecule has 1 unspecified atom stereocenters. The molecule has 0 saturated carbocycles. The maximum absolute atomic E-state index is 14.0. The van der Waals surface area contributed by atoms with E-state index >= 15 is 0 Å². The predicted octanol–water partition coefficient (Wildman–Crippen LogP) is 3.43. The van der Waals surface area contributed by atoms with Gasteiger partial charge in [-0.15, -0.1) is 0 Å². The van der Waals surface area contributed by atoms with Crippen LogP contribution in [0.2, 0.25) is 0 Å². The Balaban J connectivity index is 1.43. The Morgan fingerprint density at radius 1 is 1.22 bits per heavy atom. The SMILES string of the molecule is COc1cc(C=C2O[C@@H](C)[C@H]3CC[C@@H](c4cc(F)c(F)c(F)c4)N3C2=O)ccc1-n1cc(C)[n+](COP(=O)([O-])O)c1. The molecule has 1 aromatic heterocycles. The van der Waals surface area contributed by atoms with Crippen LogP contribution in [0.25, 0.3) is 11.8 Å². The fraction of sp³-hybridized carbons (Fsp3) is 0.333. The van der Waals surface area contributed by atoms with Crippen molar-refractivity contribution in [3.8, 4) is 11.4 Å². The minimum atomic E-state index is -4.90. The van der Waals surface area contributed by atoms with Crippen LogP contribution in [0.3, 0.4) is 0 Å². The molecule has 10 nitrogen and oxygen atoms in total. The Morgan fingerprint density at radius 2 is 1.93 bits per heavy atom. The number of phosphoric acid groups is 1. The molecule has 2 aromatic carbocycles. The summed E-state index contributed by atoms with van der Waals surface area (Å²) in [6.45, 7) is 3.11. The number of amides is 1. The normalized spacial score (nSPS) is 22.9. The third kappa shape index (κ3) is 5.76. The second-order valence-corrected chi connectivity index (χ2v) is 11.1. The molecule has 1 N–H and O–H groups in total. The summed E-state index contributed by atoms with van der Waals surface area (Å²) in [6.07, 6.45) is 5.41. The lowest BCUT2D eigenvalue weighted by Gasteiger charge is -2.39. The van der Waals surface area contributed by atoms with Gasteiger partial charge in [0.1, 0.15) is 18.0 Å². The molecular formula is C27H27F3N3O7P. The molecule has 2 aliphatic heterocycles. The van der Waals surface area contributed by atoms with Gasteiger partial charge >= 0.3 is 0 Å². The van der Waals surface area contributed by atoms with E-state index in [-0.39, 0.29) is 17.4 Å². The fourth-order valence-electron chi connectivity index (χ4n) is 5.34. The van der Waals surface area contributed by atoms with Gasteiger partial charge in [-0.3, -0.25) is 13.9 Å². The van der Waals surface area contributed by atoms with Gasteiger partial charge in [-0.2, -0.15) is 4.57 Å². The van der Waals surface area contributed by atoms with Crippen molar-refractivity contribution in [1.82, 2.24) is 9.47 Å². The molecule has 3 aromatic rings. The van der Waals surface area contributed by atoms with Crippen LogP contribution in [-0.2, 0) is 25.4 Å². The van der Waals surface area contributed by atoms with E-state index in [1.807, 2.05) is 6.92 Å². The lowest BCUT2D eigenvalue weighted by Crippen LogP contribution is -2.49. The fourth-order valence-corrected chi connectivity index (χ4v) is 5.61. The highest BCUT2D eigenvalue weighted by Crippen LogP contribution is 2.43. The summed E-state index contributed by atoms with van der Waals surface area (Å²) in [5.74, 6) is -4.17. The Bertz CT molecular complexity index is 1570. The number of nitrogens with zero attached hydrogens (tertiary/aromatic N) is 3. The summed E-state index contributed by atoms with van der Waals surface area (Å²) in [5.41, 5.74) is 1.98. The van der Waals surface area contributed by atoms with Gasteiger partial charge in [0.05, 0.1) is 19.2 Å². The second kappa shape index (κ2) is 11.0. The van der Waals surface area contributed by atoms with Crippen LogP contribution in [0.1, 0.15) is 42.6 Å². The van der Waals surface area contributed by atoms with Crippen molar-refractivity contribution in [2.75, 3.05) is 7.11 Å². The molecular weight excluding hydrogens is 566 g/mol. The number of halogens is 3. The zero-order chi connectivity index (χ0) is 29.6. The number of carbonyl (C=O) groups excluding carboxylic acids is 1. The van der Waals surface area contributed by atoms with Crippen LogP contribution in [0.15, 0.2) is 48.6 Å². The molecule has 1 amide bonds. The maximum Gasteiger partial charge on any atom is 0.289 e. The van der Waals surface area contributed by atoms with Gasteiger partial charge < -0.3 is 24.2 Å². The van der Waals surface area contributed by atoms with Crippen LogP contribution >= 0.6 is 7.82 Å². The van der Waals surface area contributed by atoms with E-state index in [9.17, 15) is 27.4 Å². The van der Waals surface area contributed by atoms with Gasteiger partial charge in [0.25, 0.3) is 20.1 Å². The lowest BCUT2D eigenvalue weighted by atomic mass is 10.0. The van der Waals surface area contributed by atoms with E-state index in [0.29, 0.717) is 35.5 Å². The Hall–Kier alpha value is -3.64. The molecule has 0 bridgehead atoms. The zero-order valence-corrected chi connectivity index (χ0v) is 23.2. The molecule has 14 heteroatoms. The molecule has 2 saturated heterocycles.